The number of carbonyl (C=O) groups excluding carboxylic acids is 1. The molecule has 0 aromatic rings. The fraction of sp³-hybridized carbons (Fsp3) is 0.900. The number of hydrogen-bond donors (Lipinski definition) is 2. The van der Waals surface area contributed by atoms with E-state index in [1.54, 1.807) is 11.9 Å². The zero-order valence-corrected chi connectivity index (χ0v) is 23.1. The summed E-state index contributed by atoms with van der Waals surface area (Å²) in [6, 6.07) is -0.251. The third kappa shape index (κ3) is 8.23. The molecule has 182 valence electrons. The molecule has 1 saturated heterocycles. The minimum atomic E-state index is -3.03. The third-order valence-electron chi connectivity index (χ3n) is 5.38. The summed E-state index contributed by atoms with van der Waals surface area (Å²) < 4.78 is 34.9. The molecule has 2 unspecified atom stereocenters. The van der Waals surface area contributed by atoms with E-state index in [1.165, 1.54) is 6.26 Å². The Morgan fingerprint density at radius 2 is 1.84 bits per heavy atom. The number of nitrogens with zero attached hydrogens (tertiary/aromatic N) is 2. The molecule has 1 amide bonds. The summed E-state index contributed by atoms with van der Waals surface area (Å²) in [5.41, 5.74) is -1.61. The van der Waals surface area contributed by atoms with Crippen molar-refractivity contribution < 1.29 is 22.7 Å². The maximum Gasteiger partial charge on any atom is 0.412 e. The highest BCUT2D eigenvalue weighted by molar-refractivity contribution is 14.0. The van der Waals surface area contributed by atoms with Gasteiger partial charge < -0.3 is 20.1 Å². The molecule has 1 heterocycles. The van der Waals surface area contributed by atoms with Crippen LogP contribution in [0.4, 0.5) is 4.79 Å². The van der Waals surface area contributed by atoms with Crippen molar-refractivity contribution in [1.29, 1.82) is 0 Å². The monoisotopic (exact) mass is 574 g/mol. The van der Waals surface area contributed by atoms with Crippen molar-refractivity contribution in [3.8, 4) is 0 Å². The van der Waals surface area contributed by atoms with Crippen LogP contribution in [-0.2, 0) is 19.3 Å². The minimum Gasteiger partial charge on any atom is -0.444 e. The van der Waals surface area contributed by atoms with Gasteiger partial charge in [0, 0.05) is 31.8 Å². The number of sulfone groups is 1. The predicted molar refractivity (Wildman–Crippen MR) is 133 cm³/mol. The van der Waals surface area contributed by atoms with Crippen molar-refractivity contribution >= 4 is 45.9 Å². The lowest BCUT2D eigenvalue weighted by Crippen LogP contribution is -2.54. The lowest BCUT2D eigenvalue weighted by Gasteiger charge is -2.35. The summed E-state index contributed by atoms with van der Waals surface area (Å²) in [4.78, 5) is 18.7. The number of amides is 1. The summed E-state index contributed by atoms with van der Waals surface area (Å²) in [6.07, 6.45) is 2.43. The molecule has 2 rings (SSSR count). The van der Waals surface area contributed by atoms with Gasteiger partial charge in [-0.05, 0) is 54.4 Å². The minimum absolute atomic E-state index is 0. The maximum atomic E-state index is 12.8. The van der Waals surface area contributed by atoms with Gasteiger partial charge in [0.05, 0.1) is 17.9 Å². The van der Waals surface area contributed by atoms with Crippen LogP contribution in [0.15, 0.2) is 4.99 Å². The molecule has 1 aliphatic carbocycles. The van der Waals surface area contributed by atoms with Crippen LogP contribution in [0, 0.1) is 5.41 Å². The summed E-state index contributed by atoms with van der Waals surface area (Å²) in [7, 11) is -1.36. The zero-order valence-electron chi connectivity index (χ0n) is 19.9. The average Bonchev–Trinajstić information content (AvgIpc) is 3.23. The molecule has 11 heteroatoms. The van der Waals surface area contributed by atoms with Crippen molar-refractivity contribution in [2.45, 2.75) is 77.9 Å². The van der Waals surface area contributed by atoms with Crippen molar-refractivity contribution in [3.05, 3.63) is 0 Å². The van der Waals surface area contributed by atoms with Crippen LogP contribution >= 0.6 is 24.0 Å². The molecule has 0 aromatic carbocycles. The molecular formula is C20H39IN4O5S. The largest absolute Gasteiger partial charge is 0.444 e. The van der Waals surface area contributed by atoms with E-state index in [-0.39, 0.29) is 47.3 Å². The lowest BCUT2D eigenvalue weighted by atomic mass is 10.1. The topological polar surface area (TPSA) is 109 Å². The predicted octanol–water partition coefficient (Wildman–Crippen LogP) is 2.35. The third-order valence-corrected chi connectivity index (χ3v) is 6.51. The van der Waals surface area contributed by atoms with Gasteiger partial charge >= 0.3 is 6.09 Å². The second-order valence-electron chi connectivity index (χ2n) is 10.1. The summed E-state index contributed by atoms with van der Waals surface area (Å²) in [6.45, 7) is 12.1. The Kier molecular flexibility index (Phi) is 9.08. The zero-order chi connectivity index (χ0) is 23.0. The van der Waals surface area contributed by atoms with E-state index in [0.717, 1.165) is 12.8 Å². The number of nitrogens with one attached hydrogen (secondary N) is 2. The number of hydrogen-bond acceptors (Lipinski definition) is 6. The van der Waals surface area contributed by atoms with Crippen molar-refractivity contribution in [2.75, 3.05) is 32.1 Å². The Bertz CT molecular complexity index is 775. The second kappa shape index (κ2) is 9.98. The van der Waals surface area contributed by atoms with Gasteiger partial charge in [0.25, 0.3) is 0 Å². The average molecular weight is 575 g/mol. The summed E-state index contributed by atoms with van der Waals surface area (Å²) >= 11 is 0. The molecule has 0 spiro atoms. The SMILES string of the molecule is CN=C(NCC1C(C)OC(C)(C)N1C(=O)OC(C)(C)C)NCC1(CS(C)(=O)=O)CC1.I. The highest BCUT2D eigenvalue weighted by Gasteiger charge is 2.49. The standard InChI is InChI=1S/C20H38N4O5S.HI/c1-14-15(24(19(5,6)28-14)17(25)29-18(2,3)4)11-22-16(21-7)23-12-20(9-10-20)13-30(8,26)27;/h14-15H,9-13H2,1-8H3,(H2,21,22,23);1H. The van der Waals surface area contributed by atoms with Gasteiger partial charge in [-0.15, -0.1) is 24.0 Å². The van der Waals surface area contributed by atoms with E-state index in [0.29, 0.717) is 19.0 Å². The first-order chi connectivity index (χ1) is 13.6. The van der Waals surface area contributed by atoms with Crippen molar-refractivity contribution in [2.24, 2.45) is 10.4 Å². The Hall–Kier alpha value is -0.820. The number of halogens is 1. The van der Waals surface area contributed by atoms with Gasteiger partial charge in [-0.3, -0.25) is 9.89 Å². The molecule has 1 saturated carbocycles. The number of aliphatic imine (C=N–C) groups is 1. The smallest absolute Gasteiger partial charge is 0.412 e. The Balaban J connectivity index is 0.00000480. The van der Waals surface area contributed by atoms with Gasteiger partial charge in [-0.25, -0.2) is 13.2 Å². The number of ether oxygens (including phenoxy) is 2. The Labute approximate surface area is 204 Å². The van der Waals surface area contributed by atoms with Gasteiger partial charge in [0.15, 0.2) is 5.96 Å². The molecule has 2 N–H and O–H groups in total. The second-order valence-corrected chi connectivity index (χ2v) is 12.2. The van der Waals surface area contributed by atoms with Crippen LogP contribution in [0.2, 0.25) is 0 Å². The fourth-order valence-corrected chi connectivity index (χ4v) is 5.42. The molecule has 2 aliphatic rings. The molecule has 0 aromatic heterocycles. The van der Waals surface area contributed by atoms with Crippen LogP contribution in [0.1, 0.15) is 54.4 Å². The van der Waals surface area contributed by atoms with E-state index in [4.69, 9.17) is 9.47 Å². The first kappa shape index (κ1) is 28.2. The lowest BCUT2D eigenvalue weighted by molar-refractivity contribution is -0.0755. The summed E-state index contributed by atoms with van der Waals surface area (Å²) in [5.74, 6) is 0.744. The number of guanidine groups is 1. The number of rotatable bonds is 6. The van der Waals surface area contributed by atoms with E-state index in [1.807, 2.05) is 41.5 Å². The first-order valence-corrected chi connectivity index (χ1v) is 12.5. The number of carbonyl (C=O) groups is 1. The Morgan fingerprint density at radius 3 is 2.29 bits per heavy atom. The van der Waals surface area contributed by atoms with Crippen LogP contribution < -0.4 is 10.6 Å². The molecule has 1 aliphatic heterocycles. The maximum absolute atomic E-state index is 12.8. The molecule has 0 bridgehead atoms. The van der Waals surface area contributed by atoms with Crippen LogP contribution in [0.5, 0.6) is 0 Å². The Morgan fingerprint density at radius 1 is 1.26 bits per heavy atom. The van der Waals surface area contributed by atoms with E-state index >= 15 is 0 Å². The van der Waals surface area contributed by atoms with E-state index in [9.17, 15) is 13.2 Å². The molecule has 0 radical (unpaired) electrons. The van der Waals surface area contributed by atoms with E-state index in [2.05, 4.69) is 15.6 Å². The summed E-state index contributed by atoms with van der Waals surface area (Å²) in [5, 5.41) is 6.49. The van der Waals surface area contributed by atoms with E-state index < -0.39 is 27.3 Å². The van der Waals surface area contributed by atoms with Crippen molar-refractivity contribution in [3.63, 3.8) is 0 Å². The van der Waals surface area contributed by atoms with Crippen molar-refractivity contribution in [1.82, 2.24) is 15.5 Å². The van der Waals surface area contributed by atoms with Crippen LogP contribution in [0.3, 0.4) is 0 Å². The fourth-order valence-electron chi connectivity index (χ4n) is 3.92. The van der Waals surface area contributed by atoms with Gasteiger partial charge in [-0.2, -0.15) is 0 Å². The highest BCUT2D eigenvalue weighted by Crippen LogP contribution is 2.46. The molecule has 9 nitrogen and oxygen atoms in total. The van der Waals surface area contributed by atoms with Crippen LogP contribution in [0.25, 0.3) is 0 Å². The highest BCUT2D eigenvalue weighted by atomic mass is 127. The quantitative estimate of drug-likeness (QED) is 0.285. The van der Waals surface area contributed by atoms with Gasteiger partial charge in [0.2, 0.25) is 0 Å². The first-order valence-electron chi connectivity index (χ1n) is 10.4. The molecular weight excluding hydrogens is 535 g/mol. The molecule has 2 atom stereocenters. The molecule has 31 heavy (non-hydrogen) atoms. The van der Waals surface area contributed by atoms with Gasteiger partial charge in [0.1, 0.15) is 21.2 Å². The normalized spacial score (nSPS) is 24.9. The van der Waals surface area contributed by atoms with Crippen LogP contribution in [-0.4, -0.2) is 81.0 Å². The van der Waals surface area contributed by atoms with Gasteiger partial charge in [-0.1, -0.05) is 0 Å². The molecule has 2 fully saturated rings.